The third-order valence-electron chi connectivity index (χ3n) is 5.79. The van der Waals surface area contributed by atoms with E-state index in [0.717, 1.165) is 21.0 Å². The topological polar surface area (TPSA) is 37.4 Å². The maximum absolute atomic E-state index is 13.5. The molecular formula is C32H21NO2S2. The van der Waals surface area contributed by atoms with E-state index in [-0.39, 0.29) is 17.1 Å². The molecule has 0 saturated carbocycles. The number of Topliss-reactive ketones (excluding diaryl/α,β-unsaturated/α-hetero) is 2. The Hall–Kier alpha value is -4.42. The number of ketones is 2. The molecule has 0 atom stereocenters. The monoisotopic (exact) mass is 515 g/mol. The standard InChI is InChI=1S/C32H21NO2S2/c1-33(2)25-16-10-22(11-17-25)6-3-9-28-31(34)29-23(14-18-26-7-4-20-36-26)12-13-24(30(29)32(28)35)15-19-27-8-5-21-37-27/h3-13,16-17,20-21H,1-2H3/b6-3+. The molecule has 4 aromatic rings. The minimum atomic E-state index is -0.317. The number of carbonyl (C=O) groups is 2. The molecule has 0 unspecified atom stereocenters. The number of hydrogen-bond donors (Lipinski definition) is 0. The van der Waals surface area contributed by atoms with Crippen LogP contribution in [0.2, 0.25) is 0 Å². The van der Waals surface area contributed by atoms with E-state index >= 15 is 0 Å². The van der Waals surface area contributed by atoms with Crippen molar-refractivity contribution in [1.82, 2.24) is 0 Å². The highest BCUT2D eigenvalue weighted by molar-refractivity contribution is 7.10. The highest BCUT2D eigenvalue weighted by Crippen LogP contribution is 2.32. The number of fused-ring (bicyclic) bond motifs is 1. The Morgan fingerprint density at radius 3 is 1.70 bits per heavy atom. The molecule has 0 aliphatic heterocycles. The minimum Gasteiger partial charge on any atom is -0.378 e. The Morgan fingerprint density at radius 1 is 0.703 bits per heavy atom. The predicted molar refractivity (Wildman–Crippen MR) is 154 cm³/mol. The number of anilines is 1. The van der Waals surface area contributed by atoms with Crippen LogP contribution in [0.1, 0.15) is 47.2 Å². The van der Waals surface area contributed by atoms with Crippen molar-refractivity contribution in [2.45, 2.75) is 0 Å². The number of thiophene rings is 2. The summed E-state index contributed by atoms with van der Waals surface area (Å²) in [6.07, 6.45) is 5.22. The first-order chi connectivity index (χ1) is 18.0. The molecule has 1 aliphatic rings. The third kappa shape index (κ3) is 5.25. The lowest BCUT2D eigenvalue weighted by Crippen LogP contribution is -2.07. The summed E-state index contributed by atoms with van der Waals surface area (Å²) in [4.78, 5) is 30.8. The molecule has 0 fully saturated rings. The molecule has 5 rings (SSSR count). The van der Waals surface area contributed by atoms with Crippen molar-refractivity contribution < 1.29 is 9.59 Å². The Kier molecular flexibility index (Phi) is 7.01. The second kappa shape index (κ2) is 10.7. The summed E-state index contributed by atoms with van der Waals surface area (Å²) in [6.45, 7) is 0. The maximum atomic E-state index is 13.5. The van der Waals surface area contributed by atoms with Gasteiger partial charge in [0.05, 0.1) is 26.5 Å². The lowest BCUT2D eigenvalue weighted by atomic mass is 9.97. The Bertz CT molecular complexity index is 1570. The van der Waals surface area contributed by atoms with Crippen LogP contribution in [0, 0.1) is 23.7 Å². The summed E-state index contributed by atoms with van der Waals surface area (Å²) in [5.41, 5.74) is 3.94. The lowest BCUT2D eigenvalue weighted by molar-refractivity contribution is 0.0988. The van der Waals surface area contributed by atoms with E-state index in [1.807, 2.05) is 84.4 Å². The normalized spacial score (nSPS) is 12.1. The van der Waals surface area contributed by atoms with Crippen molar-refractivity contribution in [2.24, 2.45) is 0 Å². The van der Waals surface area contributed by atoms with Crippen LogP contribution in [-0.2, 0) is 0 Å². The van der Waals surface area contributed by atoms with Gasteiger partial charge in [0, 0.05) is 30.9 Å². The number of rotatable bonds is 3. The Labute approximate surface area is 224 Å². The van der Waals surface area contributed by atoms with Gasteiger partial charge in [0.25, 0.3) is 0 Å². The molecule has 37 heavy (non-hydrogen) atoms. The summed E-state index contributed by atoms with van der Waals surface area (Å²) in [5, 5.41) is 3.90. The average molecular weight is 516 g/mol. The highest BCUT2D eigenvalue weighted by Gasteiger charge is 2.36. The maximum Gasteiger partial charge on any atom is 0.199 e. The van der Waals surface area contributed by atoms with Crippen LogP contribution in [-0.4, -0.2) is 25.7 Å². The number of benzene rings is 2. The van der Waals surface area contributed by atoms with E-state index in [1.54, 1.807) is 24.3 Å². The van der Waals surface area contributed by atoms with E-state index in [1.165, 1.54) is 22.7 Å². The molecule has 0 saturated heterocycles. The fourth-order valence-corrected chi connectivity index (χ4v) is 5.04. The molecule has 178 valence electrons. The van der Waals surface area contributed by atoms with Gasteiger partial charge >= 0.3 is 0 Å². The fourth-order valence-electron chi connectivity index (χ4n) is 3.90. The van der Waals surface area contributed by atoms with Gasteiger partial charge in [-0.2, -0.15) is 0 Å². The second-order valence-electron chi connectivity index (χ2n) is 8.45. The summed E-state index contributed by atoms with van der Waals surface area (Å²) >= 11 is 3.06. The van der Waals surface area contributed by atoms with Gasteiger partial charge in [-0.1, -0.05) is 60.1 Å². The zero-order valence-electron chi connectivity index (χ0n) is 20.2. The number of allylic oxidation sites excluding steroid dienone is 3. The SMILES string of the molecule is CN(C)c1ccc(/C=C/C=C2C(=O)c3c(C#Cc4cccs4)ccc(C#Cc4cccs4)c3C2=O)cc1. The number of nitrogens with zero attached hydrogens (tertiary/aromatic N) is 1. The van der Waals surface area contributed by atoms with Crippen molar-refractivity contribution in [3.8, 4) is 23.7 Å². The van der Waals surface area contributed by atoms with Crippen LogP contribution in [0.4, 0.5) is 5.69 Å². The molecule has 2 aromatic carbocycles. The zero-order valence-corrected chi connectivity index (χ0v) is 21.9. The summed E-state index contributed by atoms with van der Waals surface area (Å²) in [7, 11) is 3.98. The van der Waals surface area contributed by atoms with E-state index in [9.17, 15) is 9.59 Å². The Morgan fingerprint density at radius 2 is 1.24 bits per heavy atom. The van der Waals surface area contributed by atoms with E-state index < -0.39 is 0 Å². The third-order valence-corrected chi connectivity index (χ3v) is 7.36. The Balaban J connectivity index is 1.53. The number of hydrogen-bond acceptors (Lipinski definition) is 5. The van der Waals surface area contributed by atoms with Crippen molar-refractivity contribution in [2.75, 3.05) is 19.0 Å². The smallest absolute Gasteiger partial charge is 0.199 e. The molecule has 0 amide bonds. The van der Waals surface area contributed by atoms with Crippen molar-refractivity contribution >= 4 is 46.0 Å². The van der Waals surface area contributed by atoms with Gasteiger partial charge in [0.15, 0.2) is 11.6 Å². The van der Waals surface area contributed by atoms with E-state index in [2.05, 4.69) is 23.7 Å². The lowest BCUT2D eigenvalue weighted by Gasteiger charge is -2.11. The van der Waals surface area contributed by atoms with Crippen molar-refractivity contribution in [1.29, 1.82) is 0 Å². The molecule has 2 heterocycles. The first-order valence-corrected chi connectivity index (χ1v) is 13.3. The number of carbonyl (C=O) groups excluding carboxylic acids is 2. The molecule has 0 spiro atoms. The van der Waals surface area contributed by atoms with Crippen LogP contribution < -0.4 is 4.90 Å². The van der Waals surface area contributed by atoms with Gasteiger partial charge in [-0.15, -0.1) is 22.7 Å². The molecule has 1 aliphatic carbocycles. The van der Waals surface area contributed by atoms with Crippen LogP contribution in [0.3, 0.4) is 0 Å². The molecular weight excluding hydrogens is 494 g/mol. The first-order valence-electron chi connectivity index (χ1n) is 11.5. The minimum absolute atomic E-state index is 0.126. The van der Waals surface area contributed by atoms with Gasteiger partial charge in [-0.05, 0) is 58.8 Å². The van der Waals surface area contributed by atoms with Gasteiger partial charge in [0.1, 0.15) is 0 Å². The van der Waals surface area contributed by atoms with Crippen LogP contribution >= 0.6 is 22.7 Å². The van der Waals surface area contributed by atoms with Gasteiger partial charge in [0.2, 0.25) is 0 Å². The summed E-state index contributed by atoms with van der Waals surface area (Å²) in [6, 6.07) is 19.3. The molecule has 3 nitrogen and oxygen atoms in total. The van der Waals surface area contributed by atoms with Crippen LogP contribution in [0.15, 0.2) is 89.1 Å². The zero-order chi connectivity index (χ0) is 25.8. The molecule has 0 N–H and O–H groups in total. The highest BCUT2D eigenvalue weighted by atomic mass is 32.1. The van der Waals surface area contributed by atoms with Crippen molar-refractivity contribution in [3.05, 3.63) is 127 Å². The molecule has 0 bridgehead atoms. The fraction of sp³-hybridized carbons (Fsp3) is 0.0625. The molecule has 0 radical (unpaired) electrons. The molecule has 5 heteroatoms. The van der Waals surface area contributed by atoms with Crippen molar-refractivity contribution in [3.63, 3.8) is 0 Å². The summed E-state index contributed by atoms with van der Waals surface area (Å²) < 4.78 is 0. The first kappa shape index (κ1) is 24.3. The predicted octanol–water partition coefficient (Wildman–Crippen LogP) is 6.69. The van der Waals surface area contributed by atoms with E-state index in [4.69, 9.17) is 0 Å². The summed E-state index contributed by atoms with van der Waals surface area (Å²) in [5.74, 6) is 11.8. The average Bonchev–Trinajstić information content (AvgIpc) is 3.66. The molecule has 2 aromatic heterocycles. The second-order valence-corrected chi connectivity index (χ2v) is 10.3. The van der Waals surface area contributed by atoms with Gasteiger partial charge < -0.3 is 4.90 Å². The van der Waals surface area contributed by atoms with Crippen LogP contribution in [0.25, 0.3) is 6.08 Å². The van der Waals surface area contributed by atoms with Gasteiger partial charge in [-0.3, -0.25) is 9.59 Å². The quantitative estimate of drug-likeness (QED) is 0.173. The van der Waals surface area contributed by atoms with E-state index in [0.29, 0.717) is 22.3 Å². The van der Waals surface area contributed by atoms with Crippen LogP contribution in [0.5, 0.6) is 0 Å². The van der Waals surface area contributed by atoms with Gasteiger partial charge in [-0.25, -0.2) is 0 Å². The largest absolute Gasteiger partial charge is 0.378 e.